The Hall–Kier alpha value is -1.34. The van der Waals surface area contributed by atoms with Gasteiger partial charge < -0.3 is 15.4 Å². The Kier molecular flexibility index (Phi) is 9.92. The normalized spacial score (nSPS) is 10.8. The number of hydrogen-bond acceptors (Lipinski definition) is 4. The first-order valence-corrected chi connectivity index (χ1v) is 7.67. The van der Waals surface area contributed by atoms with Crippen LogP contribution in [0.15, 0.2) is 47.1 Å². The molecule has 8 heteroatoms. The van der Waals surface area contributed by atoms with E-state index >= 15 is 0 Å². The molecule has 0 aliphatic rings. The van der Waals surface area contributed by atoms with Crippen LogP contribution in [-0.2, 0) is 0 Å². The van der Waals surface area contributed by atoms with Crippen LogP contribution in [-0.4, -0.2) is 35.4 Å². The van der Waals surface area contributed by atoms with Gasteiger partial charge in [0, 0.05) is 36.4 Å². The van der Waals surface area contributed by atoms with Crippen LogP contribution >= 0.6 is 40.7 Å². The Bertz CT molecular complexity index is 656. The second-order valence-electron chi connectivity index (χ2n) is 4.95. The van der Waals surface area contributed by atoms with Crippen molar-refractivity contribution in [2.75, 3.05) is 13.6 Å². The van der Waals surface area contributed by atoms with Gasteiger partial charge in [0.2, 0.25) is 5.88 Å². The standard InChI is InChI=1S/C16H18BrN3O2.2ClH/c1-11(9-18)20(2)16(21)12-6-7-15(19-10-12)22-14-5-3-4-13(17)8-14;;/h3-8,10-11H,9,18H2,1-2H3;2*1H. The number of nitrogens with zero attached hydrogens (tertiary/aromatic N) is 2. The van der Waals surface area contributed by atoms with Crippen LogP contribution in [0.2, 0.25) is 0 Å². The smallest absolute Gasteiger partial charge is 0.255 e. The van der Waals surface area contributed by atoms with Crippen LogP contribution < -0.4 is 10.5 Å². The highest BCUT2D eigenvalue weighted by Crippen LogP contribution is 2.23. The van der Waals surface area contributed by atoms with E-state index in [1.54, 1.807) is 24.1 Å². The van der Waals surface area contributed by atoms with E-state index in [-0.39, 0.29) is 36.8 Å². The van der Waals surface area contributed by atoms with Crippen molar-refractivity contribution in [3.8, 4) is 11.6 Å². The highest BCUT2D eigenvalue weighted by atomic mass is 79.9. The van der Waals surface area contributed by atoms with E-state index in [0.29, 0.717) is 23.7 Å². The molecule has 2 N–H and O–H groups in total. The van der Waals surface area contributed by atoms with E-state index in [9.17, 15) is 4.79 Å². The van der Waals surface area contributed by atoms with Gasteiger partial charge in [-0.2, -0.15) is 0 Å². The van der Waals surface area contributed by atoms with Crippen molar-refractivity contribution in [3.05, 3.63) is 52.6 Å². The Labute approximate surface area is 162 Å². The average molecular weight is 437 g/mol. The highest BCUT2D eigenvalue weighted by molar-refractivity contribution is 9.10. The lowest BCUT2D eigenvalue weighted by Gasteiger charge is -2.23. The average Bonchev–Trinajstić information content (AvgIpc) is 2.53. The number of carbonyl (C=O) groups is 1. The number of carbonyl (C=O) groups excluding carboxylic acids is 1. The molecule has 0 spiro atoms. The summed E-state index contributed by atoms with van der Waals surface area (Å²) in [6.07, 6.45) is 1.51. The molecule has 0 aliphatic carbocycles. The van der Waals surface area contributed by atoms with Crippen molar-refractivity contribution in [1.29, 1.82) is 0 Å². The van der Waals surface area contributed by atoms with Crippen LogP contribution in [0, 0.1) is 0 Å². The van der Waals surface area contributed by atoms with E-state index in [1.807, 2.05) is 31.2 Å². The first kappa shape index (κ1) is 22.7. The summed E-state index contributed by atoms with van der Waals surface area (Å²) < 4.78 is 6.56. The van der Waals surface area contributed by atoms with Crippen LogP contribution in [0.3, 0.4) is 0 Å². The third kappa shape index (κ3) is 5.94. The summed E-state index contributed by atoms with van der Waals surface area (Å²) >= 11 is 3.38. The van der Waals surface area contributed by atoms with Gasteiger partial charge in [-0.1, -0.05) is 22.0 Å². The lowest BCUT2D eigenvalue weighted by molar-refractivity contribution is 0.0748. The molecule has 1 unspecified atom stereocenters. The Balaban J connectivity index is 0.00000264. The summed E-state index contributed by atoms with van der Waals surface area (Å²) in [5, 5.41) is 0. The molecule has 24 heavy (non-hydrogen) atoms. The van der Waals surface area contributed by atoms with Gasteiger partial charge >= 0.3 is 0 Å². The van der Waals surface area contributed by atoms with Crippen molar-refractivity contribution >= 4 is 46.7 Å². The quantitative estimate of drug-likeness (QED) is 0.771. The molecule has 5 nitrogen and oxygen atoms in total. The van der Waals surface area contributed by atoms with Gasteiger partial charge in [-0.05, 0) is 31.2 Å². The molecule has 0 bridgehead atoms. The van der Waals surface area contributed by atoms with Crippen molar-refractivity contribution in [3.63, 3.8) is 0 Å². The number of amides is 1. The summed E-state index contributed by atoms with van der Waals surface area (Å²) in [4.78, 5) is 18.0. The van der Waals surface area contributed by atoms with E-state index < -0.39 is 0 Å². The Morgan fingerprint density at radius 2 is 2.04 bits per heavy atom. The fourth-order valence-electron chi connectivity index (χ4n) is 1.78. The van der Waals surface area contributed by atoms with Crippen molar-refractivity contribution < 1.29 is 9.53 Å². The summed E-state index contributed by atoms with van der Waals surface area (Å²) in [6.45, 7) is 2.32. The topological polar surface area (TPSA) is 68.5 Å². The first-order valence-electron chi connectivity index (χ1n) is 6.88. The third-order valence-electron chi connectivity index (χ3n) is 3.32. The lowest BCUT2D eigenvalue weighted by Crippen LogP contribution is -2.39. The minimum Gasteiger partial charge on any atom is -0.439 e. The molecule has 0 radical (unpaired) electrons. The van der Waals surface area contributed by atoms with E-state index in [4.69, 9.17) is 10.5 Å². The molecule has 0 saturated heterocycles. The minimum absolute atomic E-state index is 0. The van der Waals surface area contributed by atoms with Crippen molar-refractivity contribution in [2.24, 2.45) is 5.73 Å². The zero-order valence-electron chi connectivity index (χ0n) is 13.3. The van der Waals surface area contributed by atoms with Gasteiger partial charge in [0.1, 0.15) is 5.75 Å². The second-order valence-corrected chi connectivity index (χ2v) is 5.86. The molecule has 1 atom stereocenters. The number of hydrogen-bond donors (Lipinski definition) is 1. The molecule has 1 heterocycles. The van der Waals surface area contributed by atoms with E-state index in [0.717, 1.165) is 4.47 Å². The number of rotatable bonds is 5. The van der Waals surface area contributed by atoms with Gasteiger partial charge in [0.15, 0.2) is 0 Å². The molecule has 0 saturated carbocycles. The maximum atomic E-state index is 12.2. The molecule has 2 aromatic rings. The van der Waals surface area contributed by atoms with Crippen molar-refractivity contribution in [1.82, 2.24) is 9.88 Å². The third-order valence-corrected chi connectivity index (χ3v) is 3.82. The molecule has 0 aliphatic heterocycles. The minimum atomic E-state index is -0.112. The van der Waals surface area contributed by atoms with Gasteiger partial charge in [0.25, 0.3) is 5.91 Å². The number of halogens is 3. The van der Waals surface area contributed by atoms with Crippen LogP contribution in [0.25, 0.3) is 0 Å². The van der Waals surface area contributed by atoms with Gasteiger partial charge in [0.05, 0.1) is 5.56 Å². The zero-order chi connectivity index (χ0) is 16.1. The zero-order valence-corrected chi connectivity index (χ0v) is 16.5. The molecule has 132 valence electrons. The monoisotopic (exact) mass is 435 g/mol. The number of pyridine rings is 1. The first-order chi connectivity index (χ1) is 10.5. The predicted octanol–water partition coefficient (Wildman–Crippen LogP) is 3.90. The molecule has 0 fully saturated rings. The molecular weight excluding hydrogens is 417 g/mol. The fourth-order valence-corrected chi connectivity index (χ4v) is 2.16. The second kappa shape index (κ2) is 10.5. The van der Waals surface area contributed by atoms with Crippen molar-refractivity contribution in [2.45, 2.75) is 13.0 Å². The summed E-state index contributed by atoms with van der Waals surface area (Å²) in [7, 11) is 1.73. The maximum Gasteiger partial charge on any atom is 0.255 e. The molecular formula is C16H20BrCl2N3O2. The number of aromatic nitrogens is 1. The Morgan fingerprint density at radius 3 is 2.58 bits per heavy atom. The Morgan fingerprint density at radius 1 is 1.33 bits per heavy atom. The molecule has 2 rings (SSSR count). The predicted molar refractivity (Wildman–Crippen MR) is 104 cm³/mol. The SMILES string of the molecule is CC(CN)N(C)C(=O)c1ccc(Oc2cccc(Br)c2)nc1.Cl.Cl. The summed E-state index contributed by atoms with van der Waals surface area (Å²) in [5.74, 6) is 0.999. The van der Waals surface area contributed by atoms with Gasteiger partial charge in [-0.15, -0.1) is 24.8 Å². The number of ether oxygens (including phenoxy) is 1. The largest absolute Gasteiger partial charge is 0.439 e. The summed E-state index contributed by atoms with van der Waals surface area (Å²) in [6, 6.07) is 10.8. The molecule has 1 aromatic carbocycles. The fraction of sp³-hybridized carbons (Fsp3) is 0.250. The highest BCUT2D eigenvalue weighted by Gasteiger charge is 2.16. The van der Waals surface area contributed by atoms with E-state index in [1.165, 1.54) is 6.20 Å². The van der Waals surface area contributed by atoms with Crippen LogP contribution in [0.5, 0.6) is 11.6 Å². The maximum absolute atomic E-state index is 12.2. The van der Waals surface area contributed by atoms with Crippen LogP contribution in [0.4, 0.5) is 0 Å². The van der Waals surface area contributed by atoms with Crippen LogP contribution in [0.1, 0.15) is 17.3 Å². The number of likely N-dealkylation sites (N-methyl/N-ethyl adjacent to an activating group) is 1. The molecule has 1 aromatic heterocycles. The lowest BCUT2D eigenvalue weighted by atomic mass is 10.2. The number of nitrogens with two attached hydrogens (primary N) is 1. The number of benzene rings is 1. The summed E-state index contributed by atoms with van der Waals surface area (Å²) in [5.41, 5.74) is 6.08. The van der Waals surface area contributed by atoms with Gasteiger partial charge in [-0.3, -0.25) is 4.79 Å². The molecule has 1 amide bonds. The van der Waals surface area contributed by atoms with E-state index in [2.05, 4.69) is 20.9 Å². The van der Waals surface area contributed by atoms with Gasteiger partial charge in [-0.25, -0.2) is 4.98 Å².